The molecule has 61 heavy (non-hydrogen) atoms. The van der Waals surface area contributed by atoms with Crippen molar-refractivity contribution in [2.75, 3.05) is 81.0 Å². The van der Waals surface area contributed by atoms with Crippen LogP contribution >= 0.6 is 11.6 Å². The van der Waals surface area contributed by atoms with Crippen LogP contribution in [0.15, 0.2) is 53.6 Å². The van der Waals surface area contributed by atoms with Crippen LogP contribution in [0.4, 0.5) is 23.1 Å². The summed E-state index contributed by atoms with van der Waals surface area (Å²) in [5.74, 6) is -0.762. The van der Waals surface area contributed by atoms with Crippen molar-refractivity contribution in [2.24, 2.45) is 5.92 Å². The summed E-state index contributed by atoms with van der Waals surface area (Å²) in [6, 6.07) is 11.0. The van der Waals surface area contributed by atoms with Crippen molar-refractivity contribution in [3.8, 4) is 0 Å². The highest BCUT2D eigenvalue weighted by Gasteiger charge is 2.45. The van der Waals surface area contributed by atoms with Crippen LogP contribution in [0, 0.1) is 5.92 Å². The normalized spacial score (nSPS) is 21.9. The lowest BCUT2D eigenvalue weighted by Gasteiger charge is -2.40. The molecule has 17 nitrogen and oxygen atoms in total. The summed E-state index contributed by atoms with van der Waals surface area (Å²) in [7, 11) is -3.55. The molecule has 3 aromatic rings. The molecule has 2 aromatic carbocycles. The van der Waals surface area contributed by atoms with Crippen molar-refractivity contribution in [1.29, 1.82) is 0 Å². The number of aromatic nitrogens is 2. The SMILES string of the molecule is CC(C)S(=O)(=O)c1ccccc1Nc1nc(N[C@@H]2CCN(CC(=O)N3CCC(CN4CCN(c5ccc6c(c5)C(=O)N(C5CCC(=O)NC5=O)C6=O)CC4)CC3)C2)ncc1Cl. The minimum absolute atomic E-state index is 0.0198. The number of likely N-dealkylation sites (tertiary alicyclic amines) is 2. The Morgan fingerprint density at radius 3 is 2.38 bits per heavy atom. The van der Waals surface area contributed by atoms with E-state index in [1.54, 1.807) is 50.2 Å². The Hall–Kier alpha value is -5.17. The molecule has 5 aliphatic rings. The highest BCUT2D eigenvalue weighted by atomic mass is 35.5. The molecule has 6 heterocycles. The average Bonchev–Trinajstić information content (AvgIpc) is 3.79. The lowest BCUT2D eigenvalue weighted by atomic mass is 9.95. The Labute approximate surface area is 360 Å². The number of piperidine rings is 2. The number of anilines is 4. The van der Waals surface area contributed by atoms with Gasteiger partial charge in [0.2, 0.25) is 23.7 Å². The van der Waals surface area contributed by atoms with Gasteiger partial charge in [-0.2, -0.15) is 4.98 Å². The second-order valence-electron chi connectivity index (χ2n) is 16.8. The number of carbonyl (C=O) groups excluding carboxylic acids is 5. The molecule has 5 aliphatic heterocycles. The fourth-order valence-corrected chi connectivity index (χ4v) is 10.2. The van der Waals surface area contributed by atoms with Crippen LogP contribution in [0.5, 0.6) is 0 Å². The monoisotopic (exact) mass is 874 g/mol. The molecule has 8 rings (SSSR count). The van der Waals surface area contributed by atoms with Crippen LogP contribution in [0.25, 0.3) is 0 Å². The number of amides is 5. The van der Waals surface area contributed by atoms with Gasteiger partial charge in [0.1, 0.15) is 11.1 Å². The summed E-state index contributed by atoms with van der Waals surface area (Å²) in [4.78, 5) is 82.8. The van der Waals surface area contributed by atoms with Crippen LogP contribution < -0.4 is 20.9 Å². The standard InChI is InChI=1S/C42H51ClN10O7S/c1-26(2)61(59,60)35-6-4-3-5-33(35)46-38-32(43)22-44-42(48-38)45-28-13-14-50(24-28)25-37(55)52-15-11-27(12-16-52)23-49-17-19-51(20-18-49)29-7-8-30-31(21-29)41(58)53(40(30)57)34-9-10-36(54)47-39(34)56/h3-8,21-22,26-28,34H,9-20,23-25H2,1-2H3,(H,47,54,56)(H2,44,45,46,48)/t28-,34?/m1/s1. The molecule has 0 spiro atoms. The van der Waals surface area contributed by atoms with Crippen LogP contribution in [0.2, 0.25) is 5.02 Å². The van der Waals surface area contributed by atoms with Crippen molar-refractivity contribution < 1.29 is 32.4 Å². The average molecular weight is 875 g/mol. The maximum absolute atomic E-state index is 13.4. The number of carbonyl (C=O) groups is 5. The van der Waals surface area contributed by atoms with E-state index in [0.717, 1.165) is 82.2 Å². The van der Waals surface area contributed by atoms with Crippen molar-refractivity contribution in [2.45, 2.75) is 68.2 Å². The van der Waals surface area contributed by atoms with E-state index in [-0.39, 0.29) is 51.7 Å². The zero-order valence-corrected chi connectivity index (χ0v) is 35.9. The molecular weight excluding hydrogens is 824 g/mol. The largest absolute Gasteiger partial charge is 0.369 e. The number of imide groups is 2. The van der Waals surface area contributed by atoms with Crippen molar-refractivity contribution in [3.05, 3.63) is 64.8 Å². The number of benzene rings is 2. The number of halogens is 1. The molecule has 5 amide bonds. The maximum Gasteiger partial charge on any atom is 0.262 e. The fourth-order valence-electron chi connectivity index (χ4n) is 8.87. The molecule has 0 radical (unpaired) electrons. The highest BCUT2D eigenvalue weighted by Crippen LogP contribution is 2.33. The van der Waals surface area contributed by atoms with E-state index in [0.29, 0.717) is 30.6 Å². The van der Waals surface area contributed by atoms with Gasteiger partial charge in [-0.25, -0.2) is 13.4 Å². The molecular formula is C42H51ClN10O7S. The van der Waals surface area contributed by atoms with Gasteiger partial charge in [-0.15, -0.1) is 0 Å². The first-order valence-electron chi connectivity index (χ1n) is 21.0. The van der Waals surface area contributed by atoms with Gasteiger partial charge in [0.25, 0.3) is 11.8 Å². The fraction of sp³-hybridized carbons (Fsp3) is 0.500. The molecule has 19 heteroatoms. The van der Waals surface area contributed by atoms with Crippen molar-refractivity contribution in [3.63, 3.8) is 0 Å². The summed E-state index contributed by atoms with van der Waals surface area (Å²) in [6.45, 7) is 10.7. The Morgan fingerprint density at radius 2 is 1.64 bits per heavy atom. The topological polar surface area (TPSA) is 198 Å². The van der Waals surface area contributed by atoms with Gasteiger partial charge in [-0.05, 0) is 75.8 Å². The third-order valence-electron chi connectivity index (χ3n) is 12.4. The number of hydrogen-bond donors (Lipinski definition) is 3. The van der Waals surface area contributed by atoms with E-state index >= 15 is 0 Å². The first-order chi connectivity index (χ1) is 29.2. The van der Waals surface area contributed by atoms with Gasteiger partial charge >= 0.3 is 0 Å². The van der Waals surface area contributed by atoms with E-state index in [2.05, 4.69) is 40.6 Å². The number of nitrogens with one attached hydrogen (secondary N) is 3. The molecule has 4 saturated heterocycles. The lowest BCUT2D eigenvalue weighted by molar-refractivity contribution is -0.136. The number of fused-ring (bicyclic) bond motifs is 1. The minimum Gasteiger partial charge on any atom is -0.369 e. The predicted molar refractivity (Wildman–Crippen MR) is 229 cm³/mol. The smallest absolute Gasteiger partial charge is 0.262 e. The number of sulfone groups is 1. The predicted octanol–water partition coefficient (Wildman–Crippen LogP) is 3.00. The number of hydrogen-bond acceptors (Lipinski definition) is 14. The Balaban J connectivity index is 0.765. The molecule has 324 valence electrons. The molecule has 0 aliphatic carbocycles. The summed E-state index contributed by atoms with van der Waals surface area (Å²) < 4.78 is 25.9. The van der Waals surface area contributed by atoms with Gasteiger partial charge in [0, 0.05) is 77.1 Å². The van der Waals surface area contributed by atoms with Crippen molar-refractivity contribution >= 4 is 74.1 Å². The number of nitrogens with zero attached hydrogens (tertiary/aromatic N) is 7. The number of para-hydroxylation sites is 1. The lowest BCUT2D eigenvalue weighted by Crippen LogP contribution is -2.54. The van der Waals surface area contributed by atoms with Crippen LogP contribution in [-0.2, 0) is 24.2 Å². The van der Waals surface area contributed by atoms with Crippen LogP contribution in [-0.4, -0.2) is 150 Å². The number of piperazine rings is 1. The molecule has 3 N–H and O–H groups in total. The Morgan fingerprint density at radius 1 is 0.902 bits per heavy atom. The van der Waals surface area contributed by atoms with Gasteiger partial charge < -0.3 is 20.4 Å². The van der Waals surface area contributed by atoms with E-state index in [1.165, 1.54) is 6.20 Å². The Kier molecular flexibility index (Phi) is 12.3. The van der Waals surface area contributed by atoms with Crippen LogP contribution in [0.3, 0.4) is 0 Å². The van der Waals surface area contributed by atoms with E-state index in [9.17, 15) is 32.4 Å². The molecule has 4 fully saturated rings. The third kappa shape index (κ3) is 9.08. The summed E-state index contributed by atoms with van der Waals surface area (Å²) in [5.41, 5.74) is 1.81. The highest BCUT2D eigenvalue weighted by molar-refractivity contribution is 7.92. The molecule has 1 unspecified atom stereocenters. The van der Waals surface area contributed by atoms with E-state index in [1.807, 2.05) is 11.0 Å². The molecule has 0 saturated carbocycles. The van der Waals surface area contributed by atoms with Gasteiger partial charge in [0.05, 0.1) is 39.7 Å². The molecule has 0 bridgehead atoms. The zero-order valence-electron chi connectivity index (χ0n) is 34.3. The van der Waals surface area contributed by atoms with Gasteiger partial charge in [-0.3, -0.25) is 44.0 Å². The molecule has 2 atom stereocenters. The maximum atomic E-state index is 13.4. The molecule has 1 aromatic heterocycles. The quantitative estimate of drug-likeness (QED) is 0.225. The minimum atomic E-state index is -3.55. The van der Waals surface area contributed by atoms with E-state index < -0.39 is 44.8 Å². The summed E-state index contributed by atoms with van der Waals surface area (Å²) in [5, 5.41) is 8.34. The first kappa shape index (κ1) is 42.5. The summed E-state index contributed by atoms with van der Waals surface area (Å²) in [6.07, 6.45) is 4.37. The van der Waals surface area contributed by atoms with E-state index in [4.69, 9.17) is 11.6 Å². The van der Waals surface area contributed by atoms with Crippen LogP contribution in [0.1, 0.15) is 66.7 Å². The third-order valence-corrected chi connectivity index (χ3v) is 14.9. The van der Waals surface area contributed by atoms with Gasteiger partial charge in [-0.1, -0.05) is 23.7 Å². The second-order valence-corrected chi connectivity index (χ2v) is 19.6. The first-order valence-corrected chi connectivity index (χ1v) is 22.9. The zero-order chi connectivity index (χ0) is 43.0. The van der Waals surface area contributed by atoms with Crippen molar-refractivity contribution in [1.82, 2.24) is 34.9 Å². The number of rotatable bonds is 12. The Bertz CT molecular complexity index is 2330. The summed E-state index contributed by atoms with van der Waals surface area (Å²) >= 11 is 6.43. The second kappa shape index (κ2) is 17.7. The van der Waals surface area contributed by atoms with Gasteiger partial charge in [0.15, 0.2) is 15.7 Å².